The van der Waals surface area contributed by atoms with E-state index in [1.165, 1.54) is 11.5 Å². The molecule has 1 aliphatic carbocycles. The molecule has 3 rings (SSSR count). The molecule has 3 fully saturated rings. The van der Waals surface area contributed by atoms with Gasteiger partial charge in [0.05, 0.1) is 0 Å². The van der Waals surface area contributed by atoms with Crippen molar-refractivity contribution in [1.29, 1.82) is 0 Å². The first-order valence-electron chi connectivity index (χ1n) is 6.13. The van der Waals surface area contributed by atoms with E-state index in [2.05, 4.69) is 23.5 Å². The minimum Gasteiger partial charge on any atom is -0.157 e. The van der Waals surface area contributed by atoms with E-state index in [4.69, 9.17) is 0 Å². The molecule has 3 aliphatic rings. The topological polar surface area (TPSA) is 0 Å². The van der Waals surface area contributed by atoms with Crippen LogP contribution in [-0.2, 0) is 0 Å². The monoisotopic (exact) mass is 228 g/mol. The van der Waals surface area contributed by atoms with Gasteiger partial charge in [-0.15, -0.1) is 0 Å². The largest absolute Gasteiger partial charge is 0.157 e. The zero-order chi connectivity index (χ0) is 9.38. The molecule has 80 valence electrons. The summed E-state index contributed by atoms with van der Waals surface area (Å²) in [4.78, 5) is 0. The van der Waals surface area contributed by atoms with Crippen molar-refractivity contribution >= 4 is 23.5 Å². The van der Waals surface area contributed by atoms with Crippen molar-refractivity contribution in [3.8, 4) is 0 Å². The van der Waals surface area contributed by atoms with Crippen LogP contribution in [-0.4, -0.2) is 22.0 Å². The maximum Gasteiger partial charge on any atom is 0.0141 e. The van der Waals surface area contributed by atoms with Gasteiger partial charge in [-0.1, -0.05) is 25.7 Å². The average Bonchev–Trinajstić information content (AvgIpc) is 3.02. The Kier molecular flexibility index (Phi) is 3.03. The second-order valence-electron chi connectivity index (χ2n) is 5.27. The summed E-state index contributed by atoms with van der Waals surface area (Å²) in [6, 6.07) is 0. The SMILES string of the molecule is C1CC(CC2CS2)CCC1CC1CS1. The van der Waals surface area contributed by atoms with Crippen molar-refractivity contribution in [2.75, 3.05) is 11.5 Å². The quantitative estimate of drug-likeness (QED) is 0.671. The summed E-state index contributed by atoms with van der Waals surface area (Å²) in [5.74, 6) is 5.16. The van der Waals surface area contributed by atoms with Gasteiger partial charge in [0.1, 0.15) is 0 Å². The van der Waals surface area contributed by atoms with Gasteiger partial charge in [-0.25, -0.2) is 0 Å². The van der Waals surface area contributed by atoms with Crippen LogP contribution in [0.1, 0.15) is 38.5 Å². The molecule has 0 amide bonds. The standard InChI is InChI=1S/C12H20S2/c1-2-10(6-12-8-14-12)4-3-9(1)5-11-7-13-11/h9-12H,1-8H2. The van der Waals surface area contributed by atoms with Gasteiger partial charge in [0.15, 0.2) is 0 Å². The van der Waals surface area contributed by atoms with Crippen LogP contribution in [0.25, 0.3) is 0 Å². The maximum atomic E-state index is 2.18. The van der Waals surface area contributed by atoms with Crippen LogP contribution in [0.5, 0.6) is 0 Å². The van der Waals surface area contributed by atoms with E-state index in [1.807, 2.05) is 0 Å². The molecule has 0 radical (unpaired) electrons. The molecule has 2 heteroatoms. The molecule has 1 saturated carbocycles. The number of thioether (sulfide) groups is 2. The summed E-state index contributed by atoms with van der Waals surface area (Å²) in [6.07, 6.45) is 9.32. The molecule has 2 heterocycles. The van der Waals surface area contributed by atoms with E-state index >= 15 is 0 Å². The molecule has 0 aromatic rings. The fourth-order valence-electron chi connectivity index (χ4n) is 2.85. The van der Waals surface area contributed by atoms with E-state index in [9.17, 15) is 0 Å². The highest BCUT2D eigenvalue weighted by molar-refractivity contribution is 8.07. The molecule has 0 nitrogen and oxygen atoms in total. The average molecular weight is 228 g/mol. The van der Waals surface area contributed by atoms with Gasteiger partial charge < -0.3 is 0 Å². The van der Waals surface area contributed by atoms with Crippen molar-refractivity contribution < 1.29 is 0 Å². The Morgan fingerprint density at radius 3 is 1.36 bits per heavy atom. The van der Waals surface area contributed by atoms with Crippen molar-refractivity contribution in [1.82, 2.24) is 0 Å². The van der Waals surface area contributed by atoms with Crippen LogP contribution < -0.4 is 0 Å². The third-order valence-electron chi connectivity index (χ3n) is 3.96. The summed E-state index contributed by atoms with van der Waals surface area (Å²) in [7, 11) is 0. The van der Waals surface area contributed by atoms with Crippen molar-refractivity contribution in [3.63, 3.8) is 0 Å². The normalized spacial score (nSPS) is 46.3. The first-order chi connectivity index (χ1) is 6.90. The molecule has 2 saturated heterocycles. The van der Waals surface area contributed by atoms with Gasteiger partial charge in [-0.2, -0.15) is 23.5 Å². The van der Waals surface area contributed by atoms with Crippen molar-refractivity contribution in [2.45, 2.75) is 49.0 Å². The first-order valence-corrected chi connectivity index (χ1v) is 8.23. The molecule has 0 aromatic heterocycles. The number of hydrogen-bond acceptors (Lipinski definition) is 2. The van der Waals surface area contributed by atoms with Gasteiger partial charge in [0, 0.05) is 22.0 Å². The molecule has 14 heavy (non-hydrogen) atoms. The Labute approximate surface area is 96.0 Å². The lowest BCUT2D eigenvalue weighted by atomic mass is 9.78. The van der Waals surface area contributed by atoms with Gasteiger partial charge in [0.2, 0.25) is 0 Å². The molecule has 0 bridgehead atoms. The lowest BCUT2D eigenvalue weighted by Gasteiger charge is -2.28. The third-order valence-corrected chi connectivity index (χ3v) is 5.96. The summed E-state index contributed by atoms with van der Waals surface area (Å²) in [6.45, 7) is 0. The van der Waals surface area contributed by atoms with Gasteiger partial charge in [-0.3, -0.25) is 0 Å². The fraction of sp³-hybridized carbons (Fsp3) is 1.00. The highest BCUT2D eigenvalue weighted by Crippen LogP contribution is 2.44. The first kappa shape index (κ1) is 9.89. The highest BCUT2D eigenvalue weighted by Gasteiger charge is 2.32. The van der Waals surface area contributed by atoms with Gasteiger partial charge >= 0.3 is 0 Å². The lowest BCUT2D eigenvalue weighted by molar-refractivity contribution is 0.258. The van der Waals surface area contributed by atoms with Crippen molar-refractivity contribution in [2.24, 2.45) is 11.8 Å². The summed E-state index contributed by atoms with van der Waals surface area (Å²) in [5.41, 5.74) is 0. The van der Waals surface area contributed by atoms with E-state index in [1.54, 1.807) is 38.5 Å². The fourth-order valence-corrected chi connectivity index (χ4v) is 4.22. The zero-order valence-corrected chi connectivity index (χ0v) is 10.4. The van der Waals surface area contributed by atoms with E-state index in [0.717, 1.165) is 22.3 Å². The lowest BCUT2D eigenvalue weighted by Crippen LogP contribution is -2.16. The van der Waals surface area contributed by atoms with Crippen LogP contribution in [0.4, 0.5) is 0 Å². The molecule has 0 N–H and O–H groups in total. The van der Waals surface area contributed by atoms with Crippen LogP contribution in [0.15, 0.2) is 0 Å². The predicted octanol–water partition coefficient (Wildman–Crippen LogP) is 3.80. The molecule has 0 spiro atoms. The Bertz CT molecular complexity index is 166. The second kappa shape index (κ2) is 4.29. The third kappa shape index (κ3) is 2.85. The van der Waals surface area contributed by atoms with E-state index in [-0.39, 0.29) is 0 Å². The summed E-state index contributed by atoms with van der Waals surface area (Å²) in [5, 5.41) is 2.16. The minimum absolute atomic E-state index is 1.08. The van der Waals surface area contributed by atoms with Crippen LogP contribution in [0.2, 0.25) is 0 Å². The van der Waals surface area contributed by atoms with Crippen LogP contribution in [0, 0.1) is 11.8 Å². The Morgan fingerprint density at radius 2 is 1.07 bits per heavy atom. The number of rotatable bonds is 4. The Balaban J connectivity index is 1.37. The Morgan fingerprint density at radius 1 is 0.714 bits per heavy atom. The van der Waals surface area contributed by atoms with Crippen LogP contribution in [0.3, 0.4) is 0 Å². The second-order valence-corrected chi connectivity index (χ2v) is 7.94. The molecule has 0 aromatic carbocycles. The van der Waals surface area contributed by atoms with E-state index in [0.29, 0.717) is 0 Å². The molecule has 2 aliphatic heterocycles. The number of hydrogen-bond donors (Lipinski definition) is 0. The Hall–Kier alpha value is 0.700. The molecular formula is C12H20S2. The molecule has 2 atom stereocenters. The minimum atomic E-state index is 1.08. The maximum absolute atomic E-state index is 2.18. The smallest absolute Gasteiger partial charge is 0.0141 e. The van der Waals surface area contributed by atoms with Crippen LogP contribution >= 0.6 is 23.5 Å². The summed E-state index contributed by atoms with van der Waals surface area (Å²) < 4.78 is 0. The van der Waals surface area contributed by atoms with Crippen molar-refractivity contribution in [3.05, 3.63) is 0 Å². The summed E-state index contributed by atoms with van der Waals surface area (Å²) >= 11 is 4.36. The predicted molar refractivity (Wildman–Crippen MR) is 67.2 cm³/mol. The molecular weight excluding hydrogens is 208 g/mol. The van der Waals surface area contributed by atoms with E-state index < -0.39 is 0 Å². The highest BCUT2D eigenvalue weighted by atomic mass is 32.2. The molecule has 2 unspecified atom stereocenters. The van der Waals surface area contributed by atoms with Gasteiger partial charge in [-0.05, 0) is 24.7 Å². The van der Waals surface area contributed by atoms with Gasteiger partial charge in [0.25, 0.3) is 0 Å². The zero-order valence-electron chi connectivity index (χ0n) is 8.78.